The summed E-state index contributed by atoms with van der Waals surface area (Å²) in [5.74, 6) is 1.71. The Hall–Kier alpha value is -1.09. The fourth-order valence-electron chi connectivity index (χ4n) is 2.38. The second kappa shape index (κ2) is 4.83. The van der Waals surface area contributed by atoms with Gasteiger partial charge in [-0.1, -0.05) is 0 Å². The van der Waals surface area contributed by atoms with Crippen molar-refractivity contribution in [2.24, 2.45) is 4.99 Å². The monoisotopic (exact) mass is 219 g/mol. The first kappa shape index (κ1) is 11.4. The number of rotatable bonds is 2. The van der Waals surface area contributed by atoms with Crippen molar-refractivity contribution in [2.75, 3.05) is 20.1 Å². The minimum atomic E-state index is 0.690. The first-order valence-corrected chi connectivity index (χ1v) is 6.07. The topological polar surface area (TPSA) is 31.4 Å². The molecule has 0 aliphatic carbocycles. The Kier molecular flexibility index (Phi) is 3.44. The van der Waals surface area contributed by atoms with Gasteiger partial charge in [0.15, 0.2) is 0 Å². The number of hydrogen-bond acceptors (Lipinski definition) is 2. The normalized spacial score (nSPS) is 19.7. The molecule has 3 nitrogen and oxygen atoms in total. The second-order valence-electron chi connectivity index (χ2n) is 4.72. The molecule has 0 amide bonds. The van der Waals surface area contributed by atoms with E-state index < -0.39 is 0 Å². The largest absolute Gasteiger partial charge is 0.343 e. The molecule has 1 aromatic rings. The fraction of sp³-hybridized carbons (Fsp3) is 0.615. The maximum absolute atomic E-state index is 4.35. The van der Waals surface area contributed by atoms with Gasteiger partial charge in [-0.25, -0.2) is 4.99 Å². The van der Waals surface area contributed by atoms with Gasteiger partial charge in [-0.3, -0.25) is 0 Å². The summed E-state index contributed by atoms with van der Waals surface area (Å²) in [6.07, 6.45) is 4.36. The van der Waals surface area contributed by atoms with Crippen molar-refractivity contribution in [1.82, 2.24) is 9.88 Å². The first-order valence-electron chi connectivity index (χ1n) is 6.07. The lowest BCUT2D eigenvalue weighted by atomic mass is 9.94. The molecule has 1 fully saturated rings. The molecule has 0 radical (unpaired) electrons. The molecule has 1 N–H and O–H groups in total. The molecule has 88 valence electrons. The number of aryl methyl sites for hydroxylation is 1. The van der Waals surface area contributed by atoms with Gasteiger partial charge >= 0.3 is 0 Å². The molecule has 0 aromatic carbocycles. The average Bonchev–Trinajstić information content (AvgIpc) is 2.62. The van der Waals surface area contributed by atoms with E-state index in [0.717, 1.165) is 5.82 Å². The first-order chi connectivity index (χ1) is 7.70. The number of nitrogens with one attached hydrogen (secondary N) is 1. The summed E-state index contributed by atoms with van der Waals surface area (Å²) in [4.78, 5) is 10.2. The number of H-pyrrole nitrogens is 1. The molecule has 2 heterocycles. The van der Waals surface area contributed by atoms with Gasteiger partial charge < -0.3 is 9.88 Å². The Morgan fingerprint density at radius 1 is 1.44 bits per heavy atom. The van der Waals surface area contributed by atoms with Gasteiger partial charge in [0.05, 0.1) is 0 Å². The highest BCUT2D eigenvalue weighted by Crippen LogP contribution is 2.30. The maximum atomic E-state index is 4.35. The van der Waals surface area contributed by atoms with Crippen LogP contribution in [0.25, 0.3) is 0 Å². The van der Waals surface area contributed by atoms with Gasteiger partial charge in [0.2, 0.25) is 0 Å². The molecule has 1 aliphatic rings. The summed E-state index contributed by atoms with van der Waals surface area (Å²) in [5, 5.41) is 0. The highest BCUT2D eigenvalue weighted by Gasteiger charge is 2.20. The third kappa shape index (κ3) is 2.35. The van der Waals surface area contributed by atoms with Crippen LogP contribution in [0.15, 0.2) is 11.1 Å². The second-order valence-corrected chi connectivity index (χ2v) is 4.72. The van der Waals surface area contributed by atoms with E-state index in [1.807, 2.05) is 13.1 Å². The molecule has 0 bridgehead atoms. The van der Waals surface area contributed by atoms with Crippen molar-refractivity contribution in [2.45, 2.75) is 32.6 Å². The molecule has 0 unspecified atom stereocenters. The van der Waals surface area contributed by atoms with Crippen molar-refractivity contribution < 1.29 is 0 Å². The van der Waals surface area contributed by atoms with Crippen LogP contribution < -0.4 is 0 Å². The van der Waals surface area contributed by atoms with Crippen LogP contribution in [0.5, 0.6) is 0 Å². The zero-order chi connectivity index (χ0) is 11.5. The van der Waals surface area contributed by atoms with Gasteiger partial charge in [0, 0.05) is 17.8 Å². The Morgan fingerprint density at radius 2 is 2.12 bits per heavy atom. The van der Waals surface area contributed by atoms with E-state index in [-0.39, 0.29) is 0 Å². The SMILES string of the molecule is C/C=N\c1[nH]c(C2CCN(C)CC2)cc1C. The minimum Gasteiger partial charge on any atom is -0.343 e. The lowest BCUT2D eigenvalue weighted by molar-refractivity contribution is 0.253. The smallest absolute Gasteiger partial charge is 0.132 e. The van der Waals surface area contributed by atoms with Crippen LogP contribution in [0.3, 0.4) is 0 Å². The molecule has 0 spiro atoms. The Labute approximate surface area is 97.6 Å². The van der Waals surface area contributed by atoms with Crippen LogP contribution in [0.4, 0.5) is 5.82 Å². The van der Waals surface area contributed by atoms with Crippen LogP contribution in [0.1, 0.15) is 36.9 Å². The van der Waals surface area contributed by atoms with Crippen molar-refractivity contribution in [3.8, 4) is 0 Å². The summed E-state index contributed by atoms with van der Waals surface area (Å²) < 4.78 is 0. The average molecular weight is 219 g/mol. The lowest BCUT2D eigenvalue weighted by Gasteiger charge is -2.28. The zero-order valence-electron chi connectivity index (χ0n) is 10.5. The van der Waals surface area contributed by atoms with Gasteiger partial charge in [0.1, 0.15) is 5.82 Å². The number of aliphatic imine (C=N–C) groups is 1. The van der Waals surface area contributed by atoms with Gasteiger partial charge in [-0.05, 0) is 58.5 Å². The molecule has 1 aromatic heterocycles. The fourth-order valence-corrected chi connectivity index (χ4v) is 2.38. The summed E-state index contributed by atoms with van der Waals surface area (Å²) in [7, 11) is 2.20. The molecule has 2 rings (SSSR count). The predicted octanol–water partition coefficient (Wildman–Crippen LogP) is 2.85. The predicted molar refractivity (Wildman–Crippen MR) is 68.8 cm³/mol. The highest BCUT2D eigenvalue weighted by atomic mass is 15.1. The molecular weight excluding hydrogens is 198 g/mol. The van der Waals surface area contributed by atoms with E-state index in [4.69, 9.17) is 0 Å². The Bertz CT molecular complexity index is 371. The van der Waals surface area contributed by atoms with Crippen LogP contribution in [-0.2, 0) is 0 Å². The Morgan fingerprint density at radius 3 is 2.75 bits per heavy atom. The van der Waals surface area contributed by atoms with Crippen LogP contribution >= 0.6 is 0 Å². The molecule has 0 saturated carbocycles. The molecular formula is C13H21N3. The number of aromatic amines is 1. The van der Waals surface area contributed by atoms with E-state index in [2.05, 4.69) is 34.9 Å². The van der Waals surface area contributed by atoms with Crippen LogP contribution in [-0.4, -0.2) is 36.2 Å². The van der Waals surface area contributed by atoms with Crippen molar-refractivity contribution >= 4 is 12.0 Å². The van der Waals surface area contributed by atoms with Gasteiger partial charge in [-0.15, -0.1) is 0 Å². The van der Waals surface area contributed by atoms with E-state index in [1.165, 1.54) is 37.2 Å². The van der Waals surface area contributed by atoms with Crippen LogP contribution in [0.2, 0.25) is 0 Å². The third-order valence-electron chi connectivity index (χ3n) is 3.42. The molecule has 0 atom stereocenters. The molecule has 16 heavy (non-hydrogen) atoms. The number of piperidine rings is 1. The van der Waals surface area contributed by atoms with Gasteiger partial charge in [0.25, 0.3) is 0 Å². The maximum Gasteiger partial charge on any atom is 0.132 e. The standard InChI is InChI=1S/C13H21N3/c1-4-14-13-10(2)9-12(15-13)11-5-7-16(3)8-6-11/h4,9,11,15H,5-8H2,1-3H3/b14-4-. The summed E-state index contributed by atoms with van der Waals surface area (Å²) >= 11 is 0. The third-order valence-corrected chi connectivity index (χ3v) is 3.42. The van der Waals surface area contributed by atoms with E-state index in [9.17, 15) is 0 Å². The quantitative estimate of drug-likeness (QED) is 0.762. The van der Waals surface area contributed by atoms with E-state index in [0.29, 0.717) is 5.92 Å². The molecule has 1 saturated heterocycles. The molecule has 3 heteroatoms. The Balaban J connectivity index is 2.12. The van der Waals surface area contributed by atoms with E-state index >= 15 is 0 Å². The minimum absolute atomic E-state index is 0.690. The van der Waals surface area contributed by atoms with Gasteiger partial charge in [-0.2, -0.15) is 0 Å². The lowest BCUT2D eigenvalue weighted by Crippen LogP contribution is -2.29. The summed E-state index contributed by atoms with van der Waals surface area (Å²) in [5.41, 5.74) is 2.62. The number of hydrogen-bond donors (Lipinski definition) is 1. The summed E-state index contributed by atoms with van der Waals surface area (Å²) in [6.45, 7) is 6.48. The summed E-state index contributed by atoms with van der Waals surface area (Å²) in [6, 6.07) is 2.26. The van der Waals surface area contributed by atoms with Crippen molar-refractivity contribution in [1.29, 1.82) is 0 Å². The number of aromatic nitrogens is 1. The van der Waals surface area contributed by atoms with Crippen molar-refractivity contribution in [3.05, 3.63) is 17.3 Å². The number of nitrogens with zero attached hydrogens (tertiary/aromatic N) is 2. The van der Waals surface area contributed by atoms with E-state index in [1.54, 1.807) is 0 Å². The number of likely N-dealkylation sites (tertiary alicyclic amines) is 1. The van der Waals surface area contributed by atoms with Crippen molar-refractivity contribution in [3.63, 3.8) is 0 Å². The van der Waals surface area contributed by atoms with Crippen LogP contribution in [0, 0.1) is 6.92 Å². The molecule has 1 aliphatic heterocycles. The highest BCUT2D eigenvalue weighted by molar-refractivity contribution is 5.60. The zero-order valence-corrected chi connectivity index (χ0v) is 10.5.